The van der Waals surface area contributed by atoms with E-state index < -0.39 is 0 Å². The van der Waals surface area contributed by atoms with Gasteiger partial charge in [-0.3, -0.25) is 0 Å². The van der Waals surface area contributed by atoms with Crippen molar-refractivity contribution in [2.45, 2.75) is 0 Å². The summed E-state index contributed by atoms with van der Waals surface area (Å²) in [5.41, 5.74) is 0. The van der Waals surface area contributed by atoms with E-state index in [-0.39, 0.29) is 52.0 Å². The summed E-state index contributed by atoms with van der Waals surface area (Å²) >= 11 is 0. The predicted molar refractivity (Wildman–Crippen MR) is 8.69 cm³/mol. The van der Waals surface area contributed by atoms with Crippen LogP contribution in [0.15, 0.2) is 5.34 Å². The van der Waals surface area contributed by atoms with Gasteiger partial charge in [-0.2, -0.15) is 0 Å². The van der Waals surface area contributed by atoms with Crippen molar-refractivity contribution in [2.75, 3.05) is 0 Å². The Labute approximate surface area is 67.1 Å². The zero-order chi connectivity index (χ0) is 2.71. The van der Waals surface area contributed by atoms with E-state index in [4.69, 9.17) is 10.1 Å². The van der Waals surface area contributed by atoms with Gasteiger partial charge in [0.1, 0.15) is 0 Å². The fourth-order valence-electron chi connectivity index (χ4n) is 0. The van der Waals surface area contributed by atoms with Gasteiger partial charge >= 0.3 is 29.6 Å². The summed E-state index contributed by atoms with van der Waals surface area (Å²) in [6, 6.07) is 0. The van der Waals surface area contributed by atoms with Crippen molar-refractivity contribution in [1.29, 1.82) is 0 Å². The number of hydrogen-bond acceptors (Lipinski definition) is 2. The summed E-state index contributed by atoms with van der Waals surface area (Å²) in [7, 11) is 0. The standard InChI is InChI=1S/HNO2.Na.Pt.H/c2-1-3;;;/h(H,2,3);;;/q;+1;;-1. The van der Waals surface area contributed by atoms with E-state index in [0.29, 0.717) is 0 Å². The minimum absolute atomic E-state index is 0. The van der Waals surface area contributed by atoms with Gasteiger partial charge in [-0.15, -0.1) is 4.91 Å². The second kappa shape index (κ2) is 19.5. The Morgan fingerprint density at radius 1 is 1.80 bits per heavy atom. The average Bonchev–Trinajstić information content (AvgIpc) is 0.918. The van der Waals surface area contributed by atoms with E-state index in [1.807, 2.05) is 0 Å². The van der Waals surface area contributed by atoms with Crippen molar-refractivity contribution >= 4 is 0 Å². The molecule has 0 bridgehead atoms. The van der Waals surface area contributed by atoms with E-state index in [1.54, 1.807) is 0 Å². The molecule has 0 unspecified atom stereocenters. The van der Waals surface area contributed by atoms with Gasteiger partial charge in [-0.25, -0.2) is 0 Å². The summed E-state index contributed by atoms with van der Waals surface area (Å²) in [6.07, 6.45) is 0. The fourth-order valence-corrected chi connectivity index (χ4v) is 0. The molecule has 0 aromatic carbocycles. The molecule has 0 rings (SSSR count). The number of nitrogens with zero attached hydrogens (tertiary/aromatic N) is 1. The minimum atomic E-state index is 0. The third-order valence-corrected chi connectivity index (χ3v) is 0. The largest absolute Gasteiger partial charge is 1.00 e. The van der Waals surface area contributed by atoms with E-state index in [1.165, 1.54) is 5.34 Å². The third kappa shape index (κ3) is 41.0. The quantitative estimate of drug-likeness (QED) is 0.294. The SMILES string of the molecule is O=NO.[H-].[Na+].[Pt]. The molecule has 0 amide bonds. The Morgan fingerprint density at radius 2 is 1.80 bits per heavy atom. The van der Waals surface area contributed by atoms with Gasteiger partial charge in [0, 0.05) is 21.1 Å². The molecule has 0 aliphatic carbocycles. The molecule has 0 aliphatic rings. The van der Waals surface area contributed by atoms with Gasteiger partial charge in [0.05, 0.1) is 0 Å². The van der Waals surface area contributed by atoms with Crippen LogP contribution in [0.4, 0.5) is 0 Å². The molecule has 0 aromatic rings. The molecule has 0 spiro atoms. The van der Waals surface area contributed by atoms with Crippen molar-refractivity contribution in [3.8, 4) is 0 Å². The Morgan fingerprint density at radius 3 is 1.80 bits per heavy atom. The van der Waals surface area contributed by atoms with Crippen molar-refractivity contribution in [3.63, 3.8) is 0 Å². The predicted octanol–water partition coefficient (Wildman–Crippen LogP) is -2.74. The molecule has 30 valence electrons. The van der Waals surface area contributed by atoms with E-state index in [2.05, 4.69) is 0 Å². The van der Waals surface area contributed by atoms with Crippen LogP contribution < -0.4 is 29.6 Å². The maximum absolute atomic E-state index is 8.11. The monoisotopic (exact) mass is 266 g/mol. The van der Waals surface area contributed by atoms with E-state index in [9.17, 15) is 0 Å². The molecular formula is H2NNaO2Pt. The van der Waals surface area contributed by atoms with Crippen molar-refractivity contribution in [3.05, 3.63) is 4.91 Å². The zero-order valence-electron chi connectivity index (χ0n) is 3.62. The van der Waals surface area contributed by atoms with Gasteiger partial charge < -0.3 is 6.63 Å². The van der Waals surface area contributed by atoms with Crippen LogP contribution in [0.3, 0.4) is 0 Å². The van der Waals surface area contributed by atoms with Gasteiger partial charge in [0.2, 0.25) is 0 Å². The summed E-state index contributed by atoms with van der Waals surface area (Å²) < 4.78 is 0. The normalized spacial score (nSPS) is 2.40. The first kappa shape index (κ1) is 16.5. The van der Waals surface area contributed by atoms with Crippen molar-refractivity contribution < 1.29 is 57.3 Å². The molecule has 1 N–H and O–H groups in total. The molecule has 0 radical (unpaired) electrons. The van der Waals surface area contributed by atoms with Crippen LogP contribution in [0, 0.1) is 4.91 Å². The molecule has 5 heteroatoms. The Bertz CT molecular complexity index is 21.0. The maximum atomic E-state index is 8.11. The smallest absolute Gasteiger partial charge is 1.00 e. The second-order valence-corrected chi connectivity index (χ2v) is 0.0816. The summed E-state index contributed by atoms with van der Waals surface area (Å²) in [4.78, 5) is 8.11. The van der Waals surface area contributed by atoms with Crippen LogP contribution in [0.25, 0.3) is 0 Å². The molecule has 0 aliphatic heterocycles. The van der Waals surface area contributed by atoms with Crippen LogP contribution in [-0.2, 0) is 21.1 Å². The minimum Gasteiger partial charge on any atom is -1.00 e. The zero-order valence-corrected chi connectivity index (χ0v) is 6.89. The van der Waals surface area contributed by atoms with Gasteiger partial charge in [-0.05, 0) is 0 Å². The molecule has 0 aromatic heterocycles. The van der Waals surface area contributed by atoms with Crippen molar-refractivity contribution in [1.82, 2.24) is 0 Å². The summed E-state index contributed by atoms with van der Waals surface area (Å²) in [5, 5.41) is 7.89. The fraction of sp³-hybridized carbons (Fsp3) is 0. The Kier molecular flexibility index (Phi) is 64.5. The first-order valence-corrected chi connectivity index (χ1v) is 0.383. The molecule has 3 nitrogen and oxygen atoms in total. The molecular weight excluding hydrogens is 264 g/mol. The van der Waals surface area contributed by atoms with E-state index >= 15 is 0 Å². The molecule has 0 saturated heterocycles. The Hall–Kier alpha value is 1.09. The Balaban J connectivity index is -0.00000000667. The maximum Gasteiger partial charge on any atom is 1.00 e. The molecule has 0 saturated carbocycles. The van der Waals surface area contributed by atoms with Crippen LogP contribution in [0.2, 0.25) is 0 Å². The van der Waals surface area contributed by atoms with E-state index in [0.717, 1.165) is 0 Å². The van der Waals surface area contributed by atoms with Crippen molar-refractivity contribution in [2.24, 2.45) is 5.34 Å². The average molecular weight is 266 g/mol. The third-order valence-electron chi connectivity index (χ3n) is 0. The molecule has 0 fully saturated rings. The molecule has 0 atom stereocenters. The van der Waals surface area contributed by atoms with Gasteiger partial charge in [0.15, 0.2) is 5.34 Å². The summed E-state index contributed by atoms with van der Waals surface area (Å²) in [5.74, 6) is 0. The number of hydrogen-bond donors (Lipinski definition) is 1. The topological polar surface area (TPSA) is 49.7 Å². The second-order valence-electron chi connectivity index (χ2n) is 0.0816. The van der Waals surface area contributed by atoms with Crippen LogP contribution in [-0.4, -0.2) is 5.21 Å². The number of rotatable bonds is 0. The van der Waals surface area contributed by atoms with Gasteiger partial charge in [-0.1, -0.05) is 0 Å². The van der Waals surface area contributed by atoms with Crippen LogP contribution in [0.1, 0.15) is 1.43 Å². The van der Waals surface area contributed by atoms with Crippen LogP contribution >= 0.6 is 0 Å². The molecule has 0 heterocycles. The summed E-state index contributed by atoms with van der Waals surface area (Å²) in [6.45, 7) is 0. The first-order chi connectivity index (χ1) is 1.41. The van der Waals surface area contributed by atoms with Gasteiger partial charge in [0.25, 0.3) is 0 Å². The van der Waals surface area contributed by atoms with Crippen LogP contribution in [0.5, 0.6) is 0 Å². The first-order valence-electron chi connectivity index (χ1n) is 0.383. The molecule has 5 heavy (non-hydrogen) atoms.